The van der Waals surface area contributed by atoms with E-state index in [1.54, 1.807) is 6.07 Å². The highest BCUT2D eigenvalue weighted by molar-refractivity contribution is 5.97. The van der Waals surface area contributed by atoms with Crippen molar-refractivity contribution in [3.63, 3.8) is 0 Å². The van der Waals surface area contributed by atoms with E-state index in [1.165, 1.54) is 11.1 Å². The van der Waals surface area contributed by atoms with E-state index in [9.17, 15) is 14.4 Å². The number of rotatable bonds is 12. The molecule has 3 atom stereocenters. The fourth-order valence-corrected chi connectivity index (χ4v) is 6.21. The first-order valence-corrected chi connectivity index (χ1v) is 15.9. The van der Waals surface area contributed by atoms with E-state index in [0.717, 1.165) is 46.7 Å². The first-order chi connectivity index (χ1) is 22.7. The third-order valence-electron chi connectivity index (χ3n) is 9.01. The quantitative estimate of drug-likeness (QED) is 0.159. The Morgan fingerprint density at radius 1 is 1.11 bits per heavy atom. The van der Waals surface area contributed by atoms with Gasteiger partial charge >= 0.3 is 12.0 Å². The predicted molar refractivity (Wildman–Crippen MR) is 180 cm³/mol. The largest absolute Gasteiger partial charge is 0.493 e. The highest BCUT2D eigenvalue weighted by Gasteiger charge is 2.47. The number of carbonyl (C=O) groups is 3. The van der Waals surface area contributed by atoms with Crippen LogP contribution < -0.4 is 26.0 Å². The van der Waals surface area contributed by atoms with E-state index < -0.39 is 18.0 Å². The van der Waals surface area contributed by atoms with E-state index in [1.807, 2.05) is 58.4 Å². The van der Waals surface area contributed by atoms with Gasteiger partial charge in [-0.2, -0.15) is 5.10 Å². The van der Waals surface area contributed by atoms with E-state index >= 15 is 0 Å². The van der Waals surface area contributed by atoms with Gasteiger partial charge in [-0.1, -0.05) is 36.4 Å². The molecule has 2 heterocycles. The van der Waals surface area contributed by atoms with Crippen LogP contribution in [0.25, 0.3) is 11.1 Å². The molecule has 6 rings (SSSR count). The molecule has 0 unspecified atom stereocenters. The van der Waals surface area contributed by atoms with Crippen LogP contribution in [0.3, 0.4) is 0 Å². The second kappa shape index (κ2) is 13.7. The number of fused-ring (bicyclic) bond motifs is 3. The fraction of sp³-hybridized carbons (Fsp3) is 0.333. The lowest BCUT2D eigenvalue weighted by atomic mass is 9.92. The smallest absolute Gasteiger partial charge is 0.322 e. The Balaban J connectivity index is 1.10. The summed E-state index contributed by atoms with van der Waals surface area (Å²) < 4.78 is 7.85. The number of ether oxygens (including phenoxy) is 1. The third kappa shape index (κ3) is 7.30. The number of aromatic nitrogens is 2. The summed E-state index contributed by atoms with van der Waals surface area (Å²) in [5.74, 6) is 0.733. The Morgan fingerprint density at radius 2 is 1.91 bits per heavy atom. The number of hydrogen-bond donors (Lipinski definition) is 4. The Kier molecular flexibility index (Phi) is 9.26. The molecule has 3 aromatic carbocycles. The van der Waals surface area contributed by atoms with E-state index in [-0.39, 0.29) is 12.5 Å². The Labute approximate surface area is 273 Å². The lowest BCUT2D eigenvalue weighted by Crippen LogP contribution is -2.43. The zero-order valence-electron chi connectivity index (χ0n) is 26.6. The summed E-state index contributed by atoms with van der Waals surface area (Å²) >= 11 is 0. The summed E-state index contributed by atoms with van der Waals surface area (Å²) in [7, 11) is 0. The number of carboxylic acid groups (broad SMARTS) is 1. The first-order valence-electron chi connectivity index (χ1n) is 15.9. The maximum absolute atomic E-state index is 13.5. The molecule has 244 valence electrons. The topological polar surface area (TPSA) is 152 Å². The summed E-state index contributed by atoms with van der Waals surface area (Å²) in [5.41, 5.74) is 13.6. The summed E-state index contributed by atoms with van der Waals surface area (Å²) in [6.07, 6.45) is 6.03. The number of urea groups is 1. The Morgan fingerprint density at radius 3 is 2.74 bits per heavy atom. The van der Waals surface area contributed by atoms with Gasteiger partial charge in [0, 0.05) is 42.6 Å². The molecule has 5 N–H and O–H groups in total. The maximum Gasteiger partial charge on any atom is 0.322 e. The SMILES string of the molecule is Cc1cccc(OCCCC(=O)N2C[C@@H]3C[C@@H]3c3c(-c4cnn(Cc5cccc(NC(=O)NC[C@@H](N)C(=O)O)c5)c4)cccc32)c1C. The van der Waals surface area contributed by atoms with Crippen molar-refractivity contribution in [2.75, 3.05) is 29.9 Å². The van der Waals surface area contributed by atoms with Gasteiger partial charge in [0.05, 0.1) is 19.3 Å². The number of nitrogens with two attached hydrogens (primary N) is 1. The number of hydrogen-bond acceptors (Lipinski definition) is 6. The lowest BCUT2D eigenvalue weighted by Gasteiger charge is -2.30. The van der Waals surface area contributed by atoms with Crippen molar-refractivity contribution in [1.29, 1.82) is 0 Å². The van der Waals surface area contributed by atoms with Gasteiger partial charge < -0.3 is 31.1 Å². The van der Waals surface area contributed by atoms with E-state index in [2.05, 4.69) is 47.8 Å². The minimum atomic E-state index is -1.18. The molecule has 1 aromatic heterocycles. The number of benzene rings is 3. The zero-order chi connectivity index (χ0) is 33.1. The van der Waals surface area contributed by atoms with Crippen LogP contribution in [0.2, 0.25) is 0 Å². The second-order valence-electron chi connectivity index (χ2n) is 12.4. The normalized spacial score (nSPS) is 16.9. The molecular formula is C36H40N6O5. The molecule has 1 aliphatic heterocycles. The predicted octanol–water partition coefficient (Wildman–Crippen LogP) is 5.06. The number of carboxylic acids is 1. The van der Waals surface area contributed by atoms with Gasteiger partial charge in [-0.3, -0.25) is 14.3 Å². The van der Waals surface area contributed by atoms with Crippen LogP contribution in [0.1, 0.15) is 47.4 Å². The van der Waals surface area contributed by atoms with Crippen LogP contribution in [-0.2, 0) is 16.1 Å². The molecule has 1 aliphatic carbocycles. The van der Waals surface area contributed by atoms with Gasteiger partial charge in [-0.05, 0) is 90.6 Å². The molecule has 1 saturated carbocycles. The maximum atomic E-state index is 13.5. The number of carbonyl (C=O) groups excluding carboxylic acids is 2. The number of nitrogens with one attached hydrogen (secondary N) is 2. The first kappa shape index (κ1) is 31.8. The molecule has 1 fully saturated rings. The standard InChI is InChI=1S/C36H40N6O5/c1-22-7-3-12-32(23(22)2)47-14-6-13-33(43)42-21-25-16-29(25)34-28(10-5-11-31(34)42)26-17-39-41(20-26)19-24-8-4-9-27(15-24)40-36(46)38-18-30(37)35(44)45/h3-5,7-12,15,17,20,25,29-30H,6,13-14,16,18-19,21,37H2,1-2H3,(H,44,45)(H2,38,40,46)/t25-,29-,30+/m0/s1. The number of nitrogens with zero attached hydrogens (tertiary/aromatic N) is 3. The van der Waals surface area contributed by atoms with Gasteiger partial charge in [-0.15, -0.1) is 0 Å². The van der Waals surface area contributed by atoms with Crippen LogP contribution in [-0.4, -0.2) is 58.5 Å². The number of anilines is 2. The van der Waals surface area contributed by atoms with Crippen molar-refractivity contribution in [2.45, 2.75) is 51.6 Å². The van der Waals surface area contributed by atoms with Gasteiger partial charge in [-0.25, -0.2) is 4.79 Å². The molecule has 0 saturated heterocycles. The Hall–Kier alpha value is -5.16. The zero-order valence-corrected chi connectivity index (χ0v) is 26.6. The van der Waals surface area contributed by atoms with Crippen molar-refractivity contribution < 1.29 is 24.2 Å². The van der Waals surface area contributed by atoms with Crippen LogP contribution in [0.4, 0.5) is 16.2 Å². The minimum Gasteiger partial charge on any atom is -0.493 e. The molecule has 2 aliphatic rings. The second-order valence-corrected chi connectivity index (χ2v) is 12.4. The van der Waals surface area contributed by atoms with Crippen molar-refractivity contribution in [1.82, 2.24) is 15.1 Å². The summed E-state index contributed by atoms with van der Waals surface area (Å²) in [5, 5.41) is 18.7. The molecule has 11 heteroatoms. The molecule has 11 nitrogen and oxygen atoms in total. The van der Waals surface area contributed by atoms with Crippen molar-refractivity contribution in [3.05, 3.63) is 95.3 Å². The summed E-state index contributed by atoms with van der Waals surface area (Å²) in [6.45, 7) is 5.67. The van der Waals surface area contributed by atoms with Crippen LogP contribution in [0, 0.1) is 19.8 Å². The summed E-state index contributed by atoms with van der Waals surface area (Å²) in [6, 6.07) is 17.9. The minimum absolute atomic E-state index is 0.126. The van der Waals surface area contributed by atoms with E-state index in [4.69, 9.17) is 15.6 Å². The number of aryl methyl sites for hydroxylation is 1. The monoisotopic (exact) mass is 636 g/mol. The Bertz CT molecular complexity index is 1800. The van der Waals surface area contributed by atoms with Gasteiger partial charge in [0.2, 0.25) is 5.91 Å². The number of aliphatic carboxylic acids is 1. The molecule has 0 spiro atoms. The van der Waals surface area contributed by atoms with Crippen molar-refractivity contribution in [3.8, 4) is 16.9 Å². The van der Waals surface area contributed by atoms with Crippen LogP contribution in [0.15, 0.2) is 73.1 Å². The van der Waals surface area contributed by atoms with Crippen LogP contribution in [0.5, 0.6) is 5.75 Å². The van der Waals surface area contributed by atoms with Crippen molar-refractivity contribution in [2.24, 2.45) is 11.7 Å². The average molecular weight is 637 g/mol. The number of amides is 3. The third-order valence-corrected chi connectivity index (χ3v) is 9.01. The molecule has 0 radical (unpaired) electrons. The fourth-order valence-electron chi connectivity index (χ4n) is 6.21. The molecule has 0 bridgehead atoms. The average Bonchev–Trinajstić information content (AvgIpc) is 3.71. The highest BCUT2D eigenvalue weighted by atomic mass is 16.5. The van der Waals surface area contributed by atoms with E-state index in [0.29, 0.717) is 43.5 Å². The summed E-state index contributed by atoms with van der Waals surface area (Å²) in [4.78, 5) is 38.6. The lowest BCUT2D eigenvalue weighted by molar-refractivity contribution is -0.138. The molecule has 4 aromatic rings. The van der Waals surface area contributed by atoms with Gasteiger partial charge in [0.25, 0.3) is 0 Å². The van der Waals surface area contributed by atoms with Crippen LogP contribution >= 0.6 is 0 Å². The molecular weight excluding hydrogens is 596 g/mol. The molecule has 47 heavy (non-hydrogen) atoms. The van der Waals surface area contributed by atoms with Gasteiger partial charge in [0.15, 0.2) is 0 Å². The van der Waals surface area contributed by atoms with Gasteiger partial charge in [0.1, 0.15) is 11.8 Å². The highest BCUT2D eigenvalue weighted by Crippen LogP contribution is 2.57. The molecule has 3 amide bonds. The van der Waals surface area contributed by atoms with Crippen molar-refractivity contribution >= 4 is 29.3 Å².